The maximum Gasteiger partial charge on any atom is 0.327 e. The Hall–Kier alpha value is -4.43. The molecule has 4 heterocycles. The van der Waals surface area contributed by atoms with Gasteiger partial charge in [-0.15, -0.1) is 0 Å². The second-order valence-electron chi connectivity index (χ2n) is 20.9. The molecule has 0 radical (unpaired) electrons. The molecule has 8 aliphatic rings. The highest BCUT2D eigenvalue weighted by Crippen LogP contribution is 2.61. The van der Waals surface area contributed by atoms with Gasteiger partial charge in [0, 0.05) is 39.3 Å². The molecule has 0 aromatic heterocycles. The van der Waals surface area contributed by atoms with Crippen LogP contribution in [0.1, 0.15) is 87.1 Å². The Morgan fingerprint density at radius 1 is 0.906 bits per heavy atom. The van der Waals surface area contributed by atoms with Gasteiger partial charge in [0.05, 0.1) is 24.9 Å². The number of esters is 1. The monoisotopic (exact) mass is 871 g/mol. The summed E-state index contributed by atoms with van der Waals surface area (Å²) in [7, 11) is 1.63. The van der Waals surface area contributed by atoms with E-state index in [2.05, 4.69) is 68.6 Å². The van der Waals surface area contributed by atoms with E-state index in [0.717, 1.165) is 47.1 Å². The molecule has 3 aromatic carbocycles. The number of epoxide rings is 1. The van der Waals surface area contributed by atoms with Gasteiger partial charge < -0.3 is 34.3 Å². The average Bonchev–Trinajstić information content (AvgIpc) is 3.56. The Balaban J connectivity index is 0.907. The molecule has 4 saturated heterocycles. The minimum absolute atomic E-state index is 0.0349. The van der Waals surface area contributed by atoms with E-state index in [4.69, 9.17) is 23.8 Å². The number of nitrogens with zero attached hydrogens (tertiary/aromatic N) is 2. The molecule has 2 amide bonds. The van der Waals surface area contributed by atoms with Crippen molar-refractivity contribution >= 4 is 23.9 Å². The van der Waals surface area contributed by atoms with Crippen molar-refractivity contribution in [1.82, 2.24) is 15.3 Å². The van der Waals surface area contributed by atoms with Gasteiger partial charge in [0.25, 0.3) is 0 Å². The number of ether oxygens (including phenoxy) is 4. The minimum atomic E-state index is -1.46. The summed E-state index contributed by atoms with van der Waals surface area (Å²) in [6.07, 6.45) is 6.71. The SMILES string of the molecule is CN(C(=O)[C@@]12C[C@H]3OC(=O)[C@@H]1N(Cc1ccc(C=C4CCC5O[C@]5(C)CC[C@@H]5[C@@H]4CC5(C)C)cc1)O[C@@H]2[C@H]1OC2(Cc4ccccc4C2)O[C@H]13)[C@H](Cc1ccccc1)C(=O)NCCO. The number of carbonyl (C=O) groups is 3. The van der Waals surface area contributed by atoms with Crippen molar-refractivity contribution in [3.8, 4) is 0 Å². The number of hydrogen-bond acceptors (Lipinski definition) is 10. The fraction of sp³-hybridized carbons (Fsp3) is 0.558. The van der Waals surface area contributed by atoms with Crippen LogP contribution in [0.5, 0.6) is 0 Å². The lowest BCUT2D eigenvalue weighted by molar-refractivity contribution is -0.218. The van der Waals surface area contributed by atoms with Crippen LogP contribution in [0.2, 0.25) is 0 Å². The second-order valence-corrected chi connectivity index (χ2v) is 20.9. The van der Waals surface area contributed by atoms with E-state index in [1.165, 1.54) is 23.3 Å². The third-order valence-corrected chi connectivity index (χ3v) is 16.5. The highest BCUT2D eigenvalue weighted by molar-refractivity contribution is 5.96. The number of aliphatic hydroxyl groups is 1. The van der Waals surface area contributed by atoms with Gasteiger partial charge in [-0.05, 0) is 84.1 Å². The summed E-state index contributed by atoms with van der Waals surface area (Å²) in [6, 6.07) is 24.1. The maximum atomic E-state index is 15.6. The van der Waals surface area contributed by atoms with Crippen LogP contribution in [-0.2, 0) is 64.0 Å². The van der Waals surface area contributed by atoms with Gasteiger partial charge >= 0.3 is 5.97 Å². The Morgan fingerprint density at radius 3 is 2.34 bits per heavy atom. The van der Waals surface area contributed by atoms with E-state index >= 15 is 4.79 Å². The van der Waals surface area contributed by atoms with Gasteiger partial charge in [-0.3, -0.25) is 19.2 Å². The molecular formula is C52H61N3O9. The number of benzene rings is 3. The number of aliphatic hydroxyl groups excluding tert-OH is 1. The highest BCUT2D eigenvalue weighted by atomic mass is 16.8. The van der Waals surface area contributed by atoms with E-state index in [-0.39, 0.29) is 38.1 Å². The zero-order valence-corrected chi connectivity index (χ0v) is 37.4. The van der Waals surface area contributed by atoms with Crippen LogP contribution in [0.25, 0.3) is 6.08 Å². The number of fused-ring (bicyclic) bond motifs is 7. The quantitative estimate of drug-likeness (QED) is 0.192. The summed E-state index contributed by atoms with van der Waals surface area (Å²) >= 11 is 0. The lowest BCUT2D eigenvalue weighted by Gasteiger charge is -2.53. The van der Waals surface area contributed by atoms with E-state index in [9.17, 15) is 14.7 Å². The number of likely N-dealkylation sites (N-methyl/N-ethyl adjacent to an activating group) is 1. The molecule has 11 atom stereocenters. The first-order valence-corrected chi connectivity index (χ1v) is 23.5. The molecule has 2 N–H and O–H groups in total. The fourth-order valence-electron chi connectivity index (χ4n) is 13.1. The lowest BCUT2D eigenvalue weighted by Crippen LogP contribution is -2.70. The molecule has 1 spiro atoms. The summed E-state index contributed by atoms with van der Waals surface area (Å²) in [5, 5.41) is 14.0. The number of allylic oxidation sites excluding steroid dienone is 1. The summed E-state index contributed by atoms with van der Waals surface area (Å²) in [4.78, 5) is 52.5. The van der Waals surface area contributed by atoms with Crippen molar-refractivity contribution in [3.05, 3.63) is 112 Å². The predicted octanol–water partition coefficient (Wildman–Crippen LogP) is 5.72. The molecule has 11 rings (SSSR count). The molecule has 3 aromatic rings. The number of hydroxylamine groups is 2. The van der Waals surface area contributed by atoms with Gasteiger partial charge in [0.2, 0.25) is 11.8 Å². The topological polar surface area (TPSA) is 139 Å². The largest absolute Gasteiger partial charge is 0.458 e. The van der Waals surface area contributed by atoms with Crippen molar-refractivity contribution < 1.29 is 43.3 Å². The minimum Gasteiger partial charge on any atom is -0.458 e. The van der Waals surface area contributed by atoms with Gasteiger partial charge in [-0.1, -0.05) is 104 Å². The standard InChI is InChI=1S/C52H61N3O9/c1-49(2)28-37-34(18-19-41-50(3,61-41)21-20-38(37)49)24-32-14-16-33(17-15-32)30-55-44-47(58)60-40-29-52(44,48(59)54(4)39(46(57)53-22-23-56)25-31-10-6-5-7-11-31)45(64-55)43-42(40)62-51(63-43)26-35-12-8-9-13-36(35)27-51/h5-17,24,37-45,56H,18-23,25-30H2,1-4H3,(H,53,57)/t37-,38-,39-,40-,41?,42+,43+,44+,45-,50-,52+/m1/s1. The number of amides is 2. The number of nitrogens with one attached hydrogen (secondary N) is 1. The van der Waals surface area contributed by atoms with Crippen LogP contribution in [0.3, 0.4) is 0 Å². The van der Waals surface area contributed by atoms with E-state index < -0.39 is 65.5 Å². The van der Waals surface area contributed by atoms with Crippen LogP contribution in [-0.4, -0.2) is 107 Å². The molecular weight excluding hydrogens is 811 g/mol. The van der Waals surface area contributed by atoms with Crippen LogP contribution < -0.4 is 5.32 Å². The third-order valence-electron chi connectivity index (χ3n) is 16.5. The molecule has 64 heavy (non-hydrogen) atoms. The summed E-state index contributed by atoms with van der Waals surface area (Å²) < 4.78 is 26.4. The van der Waals surface area contributed by atoms with Crippen LogP contribution in [0.15, 0.2) is 84.4 Å². The van der Waals surface area contributed by atoms with Crippen molar-refractivity contribution in [1.29, 1.82) is 0 Å². The molecule has 12 nitrogen and oxygen atoms in total. The molecule has 4 aliphatic carbocycles. The summed E-state index contributed by atoms with van der Waals surface area (Å²) in [6.45, 7) is 7.12. The summed E-state index contributed by atoms with van der Waals surface area (Å²) in [5.41, 5.74) is 5.60. The van der Waals surface area contributed by atoms with E-state index in [1.807, 2.05) is 42.5 Å². The molecule has 7 fully saturated rings. The number of hydrogen-bond donors (Lipinski definition) is 2. The molecule has 3 saturated carbocycles. The van der Waals surface area contributed by atoms with Gasteiger partial charge in [0.1, 0.15) is 35.9 Å². The van der Waals surface area contributed by atoms with Crippen LogP contribution in [0, 0.1) is 22.7 Å². The molecule has 338 valence electrons. The maximum absolute atomic E-state index is 15.6. The van der Waals surface area contributed by atoms with Gasteiger partial charge in [-0.25, -0.2) is 0 Å². The molecule has 12 heteroatoms. The van der Waals surface area contributed by atoms with Gasteiger partial charge in [-0.2, -0.15) is 5.06 Å². The highest BCUT2D eigenvalue weighted by Gasteiger charge is 2.77. The fourth-order valence-corrected chi connectivity index (χ4v) is 13.1. The first-order chi connectivity index (χ1) is 30.8. The zero-order chi connectivity index (χ0) is 44.2. The van der Waals surface area contributed by atoms with Crippen molar-refractivity contribution in [2.75, 3.05) is 20.2 Å². The molecule has 1 unspecified atom stereocenters. The Bertz CT molecular complexity index is 2330. The van der Waals surface area contributed by atoms with Crippen molar-refractivity contribution in [3.63, 3.8) is 0 Å². The Labute approximate surface area is 375 Å². The third kappa shape index (κ3) is 6.97. The van der Waals surface area contributed by atoms with Crippen LogP contribution in [0.4, 0.5) is 0 Å². The Morgan fingerprint density at radius 2 is 1.62 bits per heavy atom. The first-order valence-electron chi connectivity index (χ1n) is 23.5. The predicted molar refractivity (Wildman–Crippen MR) is 236 cm³/mol. The Kier molecular flexibility index (Phi) is 10.3. The van der Waals surface area contributed by atoms with E-state index in [0.29, 0.717) is 36.2 Å². The lowest BCUT2D eigenvalue weighted by atomic mass is 9.52. The zero-order valence-electron chi connectivity index (χ0n) is 37.4. The summed E-state index contributed by atoms with van der Waals surface area (Å²) in [5.74, 6) is -1.11. The number of carbonyl (C=O) groups excluding carboxylic acids is 3. The molecule has 2 bridgehead atoms. The van der Waals surface area contributed by atoms with E-state index in [1.54, 1.807) is 12.1 Å². The number of rotatable bonds is 10. The smallest absolute Gasteiger partial charge is 0.327 e. The second kappa shape index (κ2) is 15.6. The molecule has 4 aliphatic heterocycles. The van der Waals surface area contributed by atoms with Gasteiger partial charge in [0.15, 0.2) is 11.8 Å². The van der Waals surface area contributed by atoms with Crippen molar-refractivity contribution in [2.45, 2.75) is 139 Å². The van der Waals surface area contributed by atoms with Crippen LogP contribution >= 0.6 is 0 Å². The normalized spacial score (nSPS) is 36.0. The first kappa shape index (κ1) is 42.2. The average molecular weight is 872 g/mol. The van der Waals surface area contributed by atoms with Crippen molar-refractivity contribution in [2.24, 2.45) is 22.7 Å².